The Morgan fingerprint density at radius 1 is 1.27 bits per heavy atom. The molecule has 3 rings (SSSR count). The number of ether oxygens (including phenoxy) is 2. The van der Waals surface area contributed by atoms with Crippen LogP contribution in [0.5, 0.6) is 5.75 Å². The highest BCUT2D eigenvalue weighted by molar-refractivity contribution is 7.07. The van der Waals surface area contributed by atoms with Gasteiger partial charge >= 0.3 is 0 Å². The molecule has 1 unspecified atom stereocenters. The molecule has 1 N–H and O–H groups in total. The molecule has 0 bridgehead atoms. The lowest BCUT2D eigenvalue weighted by Crippen LogP contribution is -2.43. The summed E-state index contributed by atoms with van der Waals surface area (Å²) < 4.78 is 10.6. The number of morpholine rings is 1. The second-order valence-electron chi connectivity index (χ2n) is 6.37. The van der Waals surface area contributed by atoms with Crippen LogP contribution in [0.3, 0.4) is 0 Å². The minimum Gasteiger partial charge on any atom is -0.497 e. The zero-order valence-corrected chi connectivity index (χ0v) is 16.0. The van der Waals surface area contributed by atoms with Gasteiger partial charge in [0.15, 0.2) is 0 Å². The average molecular weight is 375 g/mol. The second-order valence-corrected chi connectivity index (χ2v) is 7.15. The second kappa shape index (κ2) is 9.71. The first kappa shape index (κ1) is 18.9. The molecule has 1 aromatic carbocycles. The maximum atomic E-state index is 12.3. The topological polar surface area (TPSA) is 50.8 Å². The Hall–Kier alpha value is -1.89. The van der Waals surface area contributed by atoms with Gasteiger partial charge in [0.25, 0.3) is 0 Å². The van der Waals surface area contributed by atoms with E-state index in [1.807, 2.05) is 24.3 Å². The summed E-state index contributed by atoms with van der Waals surface area (Å²) in [5.74, 6) is 0.927. The number of hydrogen-bond donors (Lipinski definition) is 1. The fourth-order valence-electron chi connectivity index (χ4n) is 3.16. The highest BCUT2D eigenvalue weighted by Gasteiger charge is 2.23. The predicted molar refractivity (Wildman–Crippen MR) is 104 cm³/mol. The standard InChI is InChI=1S/C20H26N2O3S/c1-24-18-5-2-16(3-6-18)4-7-20(23)21-14-19(17-8-13-26-15-17)22-9-11-25-12-10-22/h2-3,5-6,8,13,15,19H,4,7,9-12,14H2,1H3,(H,21,23). The van der Waals surface area contributed by atoms with E-state index in [4.69, 9.17) is 9.47 Å². The first-order chi connectivity index (χ1) is 12.8. The molecule has 1 aromatic heterocycles. The van der Waals surface area contributed by atoms with Crippen molar-refractivity contribution in [2.75, 3.05) is 40.0 Å². The fourth-order valence-corrected chi connectivity index (χ4v) is 3.87. The maximum absolute atomic E-state index is 12.3. The number of amides is 1. The molecule has 1 fully saturated rings. The van der Waals surface area contributed by atoms with Gasteiger partial charge in [-0.3, -0.25) is 9.69 Å². The molecule has 5 nitrogen and oxygen atoms in total. The first-order valence-corrected chi connectivity index (χ1v) is 9.94. The molecule has 2 aromatic rings. The summed E-state index contributed by atoms with van der Waals surface area (Å²) in [6.07, 6.45) is 1.22. The van der Waals surface area contributed by atoms with Gasteiger partial charge in [0.05, 0.1) is 26.4 Å². The average Bonchev–Trinajstić information content (AvgIpc) is 3.22. The third-order valence-corrected chi connectivity index (χ3v) is 5.41. The molecule has 26 heavy (non-hydrogen) atoms. The molecule has 2 heterocycles. The lowest BCUT2D eigenvalue weighted by atomic mass is 10.1. The molecular weight excluding hydrogens is 348 g/mol. The normalized spacial score (nSPS) is 16.2. The van der Waals surface area contributed by atoms with Gasteiger partial charge in [0.1, 0.15) is 5.75 Å². The summed E-state index contributed by atoms with van der Waals surface area (Å²) in [7, 11) is 1.65. The van der Waals surface area contributed by atoms with Gasteiger partial charge in [-0.1, -0.05) is 12.1 Å². The van der Waals surface area contributed by atoms with Crippen molar-refractivity contribution < 1.29 is 14.3 Å². The molecule has 1 saturated heterocycles. The Balaban J connectivity index is 1.50. The van der Waals surface area contributed by atoms with Crippen LogP contribution in [0.25, 0.3) is 0 Å². The smallest absolute Gasteiger partial charge is 0.220 e. The van der Waals surface area contributed by atoms with Gasteiger partial charge in [-0.25, -0.2) is 0 Å². The largest absolute Gasteiger partial charge is 0.497 e. The highest BCUT2D eigenvalue weighted by atomic mass is 32.1. The Bertz CT molecular complexity index is 667. The van der Waals surface area contributed by atoms with Gasteiger partial charge in [-0.05, 0) is 46.5 Å². The molecule has 1 aliphatic heterocycles. The monoisotopic (exact) mass is 374 g/mol. The van der Waals surface area contributed by atoms with Crippen molar-refractivity contribution >= 4 is 17.2 Å². The summed E-state index contributed by atoms with van der Waals surface area (Å²) in [6, 6.07) is 10.2. The van der Waals surface area contributed by atoms with Crippen LogP contribution in [0.1, 0.15) is 23.6 Å². The van der Waals surface area contributed by atoms with E-state index < -0.39 is 0 Å². The number of nitrogens with one attached hydrogen (secondary N) is 1. The fraction of sp³-hybridized carbons (Fsp3) is 0.450. The summed E-state index contributed by atoms with van der Waals surface area (Å²) >= 11 is 1.70. The van der Waals surface area contributed by atoms with Crippen LogP contribution in [0.2, 0.25) is 0 Å². The van der Waals surface area contributed by atoms with E-state index in [-0.39, 0.29) is 11.9 Å². The summed E-state index contributed by atoms with van der Waals surface area (Å²) in [5, 5.41) is 7.38. The molecule has 1 aliphatic rings. The van der Waals surface area contributed by atoms with Gasteiger partial charge in [0, 0.05) is 26.1 Å². The zero-order valence-electron chi connectivity index (χ0n) is 15.1. The van der Waals surface area contributed by atoms with E-state index >= 15 is 0 Å². The van der Waals surface area contributed by atoms with Crippen molar-refractivity contribution in [3.63, 3.8) is 0 Å². The Kier molecular flexibility index (Phi) is 7.05. The third-order valence-electron chi connectivity index (χ3n) is 4.71. The van der Waals surface area contributed by atoms with E-state index in [9.17, 15) is 4.79 Å². The van der Waals surface area contributed by atoms with E-state index in [2.05, 4.69) is 27.0 Å². The number of rotatable bonds is 8. The molecule has 140 valence electrons. The van der Waals surface area contributed by atoms with Crippen LogP contribution in [-0.4, -0.2) is 50.8 Å². The van der Waals surface area contributed by atoms with Crippen molar-refractivity contribution in [3.05, 3.63) is 52.2 Å². The Morgan fingerprint density at radius 3 is 2.69 bits per heavy atom. The first-order valence-electron chi connectivity index (χ1n) is 9.00. The van der Waals surface area contributed by atoms with Crippen molar-refractivity contribution in [3.8, 4) is 5.75 Å². The summed E-state index contributed by atoms with van der Waals surface area (Å²) in [4.78, 5) is 14.7. The van der Waals surface area contributed by atoms with Crippen molar-refractivity contribution in [1.29, 1.82) is 0 Å². The number of carbonyl (C=O) groups is 1. The van der Waals surface area contributed by atoms with E-state index in [1.165, 1.54) is 5.56 Å². The molecule has 0 saturated carbocycles. The van der Waals surface area contributed by atoms with E-state index in [1.54, 1.807) is 18.4 Å². The minimum absolute atomic E-state index is 0.0920. The SMILES string of the molecule is COc1ccc(CCC(=O)NCC(c2ccsc2)N2CCOCC2)cc1. The van der Waals surface area contributed by atoms with Crippen LogP contribution in [0.4, 0.5) is 0 Å². The maximum Gasteiger partial charge on any atom is 0.220 e. The summed E-state index contributed by atoms with van der Waals surface area (Å²) in [6.45, 7) is 3.96. The minimum atomic E-state index is 0.0920. The molecule has 0 spiro atoms. The number of nitrogens with zero attached hydrogens (tertiary/aromatic N) is 1. The number of aryl methyl sites for hydroxylation is 1. The lowest BCUT2D eigenvalue weighted by Gasteiger charge is -2.34. The molecule has 0 aliphatic carbocycles. The third kappa shape index (κ3) is 5.30. The van der Waals surface area contributed by atoms with E-state index in [0.29, 0.717) is 13.0 Å². The van der Waals surface area contributed by atoms with Crippen LogP contribution in [0.15, 0.2) is 41.1 Å². The number of methoxy groups -OCH3 is 1. The van der Waals surface area contributed by atoms with Crippen LogP contribution < -0.4 is 10.1 Å². The number of benzene rings is 1. The van der Waals surface area contributed by atoms with Gasteiger partial charge in [0.2, 0.25) is 5.91 Å². The molecular formula is C20H26N2O3S. The lowest BCUT2D eigenvalue weighted by molar-refractivity contribution is -0.121. The Labute approximate surface area is 158 Å². The zero-order chi connectivity index (χ0) is 18.2. The van der Waals surface area contributed by atoms with Gasteiger partial charge in [-0.15, -0.1) is 0 Å². The predicted octanol–water partition coefficient (Wildman–Crippen LogP) is 2.88. The molecule has 6 heteroatoms. The van der Waals surface area contributed by atoms with Crippen LogP contribution in [0, 0.1) is 0 Å². The number of carbonyl (C=O) groups excluding carboxylic acids is 1. The van der Waals surface area contributed by atoms with Crippen molar-refractivity contribution in [2.24, 2.45) is 0 Å². The molecule has 0 radical (unpaired) electrons. The van der Waals surface area contributed by atoms with Crippen molar-refractivity contribution in [2.45, 2.75) is 18.9 Å². The van der Waals surface area contributed by atoms with Gasteiger partial charge < -0.3 is 14.8 Å². The quantitative estimate of drug-likeness (QED) is 0.772. The summed E-state index contributed by atoms with van der Waals surface area (Å²) in [5.41, 5.74) is 2.41. The van der Waals surface area contributed by atoms with E-state index in [0.717, 1.165) is 44.0 Å². The molecule has 1 atom stereocenters. The van der Waals surface area contributed by atoms with Crippen LogP contribution >= 0.6 is 11.3 Å². The Morgan fingerprint density at radius 2 is 2.04 bits per heavy atom. The number of hydrogen-bond acceptors (Lipinski definition) is 5. The van der Waals surface area contributed by atoms with Crippen LogP contribution in [-0.2, 0) is 16.0 Å². The van der Waals surface area contributed by atoms with Gasteiger partial charge in [-0.2, -0.15) is 11.3 Å². The molecule has 1 amide bonds. The number of thiophene rings is 1. The highest BCUT2D eigenvalue weighted by Crippen LogP contribution is 2.23. The van der Waals surface area contributed by atoms with Crippen molar-refractivity contribution in [1.82, 2.24) is 10.2 Å².